The smallest absolute Gasteiger partial charge is 0.321 e. The number of amides is 2. The Morgan fingerprint density at radius 3 is 2.65 bits per heavy atom. The van der Waals surface area contributed by atoms with Crippen LogP contribution in [-0.2, 0) is 5.54 Å². The molecule has 0 saturated carbocycles. The molecule has 2 N–H and O–H groups in total. The van der Waals surface area contributed by atoms with Crippen molar-refractivity contribution in [1.82, 2.24) is 10.3 Å². The topological polar surface area (TPSA) is 54.0 Å². The summed E-state index contributed by atoms with van der Waals surface area (Å²) in [5, 5.41) is 6.23. The van der Waals surface area contributed by atoms with Crippen molar-refractivity contribution in [3.8, 4) is 0 Å². The van der Waals surface area contributed by atoms with Crippen molar-refractivity contribution in [2.24, 2.45) is 0 Å². The third-order valence-corrected chi connectivity index (χ3v) is 3.11. The molecule has 104 valence electrons. The highest BCUT2D eigenvalue weighted by Crippen LogP contribution is 2.23. The normalized spacial score (nSPS) is 10.9. The Labute approximate surface area is 123 Å². The molecular formula is C15H16ClN3O. The van der Waals surface area contributed by atoms with E-state index in [1.165, 1.54) is 0 Å². The van der Waals surface area contributed by atoms with Gasteiger partial charge in [-0.05, 0) is 43.7 Å². The molecule has 2 amide bonds. The van der Waals surface area contributed by atoms with Gasteiger partial charge in [0.15, 0.2) is 0 Å². The van der Waals surface area contributed by atoms with Crippen LogP contribution in [0.4, 0.5) is 10.6 Å². The molecule has 0 atom stereocenters. The van der Waals surface area contributed by atoms with Gasteiger partial charge in [0, 0.05) is 11.2 Å². The zero-order valence-corrected chi connectivity index (χ0v) is 12.1. The predicted octanol–water partition coefficient (Wildman–Crippen LogP) is 3.79. The van der Waals surface area contributed by atoms with E-state index in [0.717, 1.165) is 5.56 Å². The summed E-state index contributed by atoms with van der Waals surface area (Å²) in [6.45, 7) is 3.83. The summed E-state index contributed by atoms with van der Waals surface area (Å²) in [6.07, 6.45) is 1.62. The second-order valence-electron chi connectivity index (χ2n) is 4.93. The van der Waals surface area contributed by atoms with Gasteiger partial charge in [-0.1, -0.05) is 29.8 Å². The van der Waals surface area contributed by atoms with Crippen LogP contribution in [0, 0.1) is 0 Å². The summed E-state index contributed by atoms with van der Waals surface area (Å²) in [4.78, 5) is 16.0. The number of carbonyl (C=O) groups excluding carboxylic acids is 1. The van der Waals surface area contributed by atoms with Crippen molar-refractivity contribution in [3.63, 3.8) is 0 Å². The zero-order valence-electron chi connectivity index (χ0n) is 11.4. The number of carbonyl (C=O) groups is 1. The van der Waals surface area contributed by atoms with Gasteiger partial charge in [-0.2, -0.15) is 0 Å². The summed E-state index contributed by atoms with van der Waals surface area (Å²) in [7, 11) is 0. The molecule has 5 heteroatoms. The number of nitrogens with one attached hydrogen (secondary N) is 2. The average molecular weight is 290 g/mol. The van der Waals surface area contributed by atoms with Crippen molar-refractivity contribution in [1.29, 1.82) is 0 Å². The lowest BCUT2D eigenvalue weighted by atomic mass is 9.94. The molecule has 4 nitrogen and oxygen atoms in total. The van der Waals surface area contributed by atoms with Crippen LogP contribution < -0.4 is 10.6 Å². The van der Waals surface area contributed by atoms with Crippen LogP contribution in [-0.4, -0.2) is 11.0 Å². The Kier molecular flexibility index (Phi) is 4.25. The Balaban J connectivity index is 2.06. The van der Waals surface area contributed by atoms with Gasteiger partial charge in [-0.25, -0.2) is 9.78 Å². The molecule has 0 spiro atoms. The van der Waals surface area contributed by atoms with E-state index in [9.17, 15) is 4.79 Å². The molecule has 1 aromatic carbocycles. The molecule has 0 aliphatic heterocycles. The molecule has 0 radical (unpaired) electrons. The maximum absolute atomic E-state index is 12.0. The Morgan fingerprint density at radius 1 is 1.20 bits per heavy atom. The van der Waals surface area contributed by atoms with Gasteiger partial charge < -0.3 is 5.32 Å². The highest BCUT2D eigenvalue weighted by atomic mass is 35.5. The maximum atomic E-state index is 12.0. The number of rotatable bonds is 3. The number of urea groups is 1. The van der Waals surface area contributed by atoms with E-state index in [4.69, 9.17) is 11.6 Å². The Hall–Kier alpha value is -2.07. The van der Waals surface area contributed by atoms with E-state index in [1.54, 1.807) is 24.4 Å². The maximum Gasteiger partial charge on any atom is 0.321 e. The lowest BCUT2D eigenvalue weighted by Gasteiger charge is -2.27. The van der Waals surface area contributed by atoms with Crippen molar-refractivity contribution < 1.29 is 4.79 Å². The zero-order chi connectivity index (χ0) is 14.6. The molecule has 2 aromatic rings. The fraction of sp³-hybridized carbons (Fsp3) is 0.200. The lowest BCUT2D eigenvalue weighted by Crippen LogP contribution is -2.43. The minimum absolute atomic E-state index is 0.311. The van der Waals surface area contributed by atoms with E-state index in [0.29, 0.717) is 10.8 Å². The quantitative estimate of drug-likeness (QED) is 0.903. The van der Waals surface area contributed by atoms with Crippen molar-refractivity contribution in [3.05, 3.63) is 59.2 Å². The van der Waals surface area contributed by atoms with Gasteiger partial charge in [0.25, 0.3) is 0 Å². The molecule has 0 saturated heterocycles. The summed E-state index contributed by atoms with van der Waals surface area (Å²) < 4.78 is 0. The number of anilines is 1. The molecule has 0 bridgehead atoms. The van der Waals surface area contributed by atoms with Gasteiger partial charge in [-0.15, -0.1) is 0 Å². The van der Waals surface area contributed by atoms with Crippen molar-refractivity contribution >= 4 is 23.4 Å². The van der Waals surface area contributed by atoms with Gasteiger partial charge in [0.1, 0.15) is 5.82 Å². The fourth-order valence-corrected chi connectivity index (χ4v) is 2.01. The number of hydrogen-bond acceptors (Lipinski definition) is 2. The fourth-order valence-electron chi connectivity index (χ4n) is 1.82. The van der Waals surface area contributed by atoms with Crippen LogP contribution in [0.15, 0.2) is 48.7 Å². The van der Waals surface area contributed by atoms with Gasteiger partial charge in [-0.3, -0.25) is 5.32 Å². The number of hydrogen-bond donors (Lipinski definition) is 2. The molecule has 1 aromatic heterocycles. The Bertz CT molecular complexity index is 599. The number of aromatic nitrogens is 1. The first-order valence-corrected chi connectivity index (χ1v) is 6.61. The third kappa shape index (κ3) is 3.71. The monoisotopic (exact) mass is 289 g/mol. The minimum atomic E-state index is -0.538. The van der Waals surface area contributed by atoms with Crippen LogP contribution in [0.2, 0.25) is 5.02 Å². The molecule has 2 rings (SSSR count). The van der Waals surface area contributed by atoms with Gasteiger partial charge in [0.2, 0.25) is 0 Å². The number of nitrogens with zero attached hydrogens (tertiary/aromatic N) is 1. The number of benzene rings is 1. The van der Waals surface area contributed by atoms with E-state index >= 15 is 0 Å². The van der Waals surface area contributed by atoms with Gasteiger partial charge >= 0.3 is 6.03 Å². The molecular weight excluding hydrogens is 274 g/mol. The first-order valence-electron chi connectivity index (χ1n) is 6.23. The second kappa shape index (κ2) is 5.92. The van der Waals surface area contributed by atoms with Crippen LogP contribution >= 0.6 is 11.6 Å². The second-order valence-corrected chi connectivity index (χ2v) is 5.37. The molecule has 0 aliphatic carbocycles. The third-order valence-electron chi connectivity index (χ3n) is 2.88. The SMILES string of the molecule is CC(C)(NC(=O)Nc1ccccn1)c1cccc(Cl)c1. The van der Waals surface area contributed by atoms with Crippen molar-refractivity contribution in [2.75, 3.05) is 5.32 Å². The summed E-state index contributed by atoms with van der Waals surface area (Å²) in [5.41, 5.74) is 0.394. The van der Waals surface area contributed by atoms with Crippen LogP contribution in [0.5, 0.6) is 0 Å². The molecule has 20 heavy (non-hydrogen) atoms. The van der Waals surface area contributed by atoms with E-state index in [1.807, 2.05) is 38.1 Å². The molecule has 1 heterocycles. The summed E-state index contributed by atoms with van der Waals surface area (Å²) >= 11 is 5.98. The van der Waals surface area contributed by atoms with E-state index < -0.39 is 5.54 Å². The minimum Gasteiger partial charge on any atom is -0.329 e. The molecule has 0 unspecified atom stereocenters. The summed E-state index contributed by atoms with van der Waals surface area (Å²) in [5.74, 6) is 0.506. The molecule has 0 aliphatic rings. The number of halogens is 1. The highest BCUT2D eigenvalue weighted by Gasteiger charge is 2.23. The first-order chi connectivity index (χ1) is 9.47. The van der Waals surface area contributed by atoms with E-state index in [-0.39, 0.29) is 6.03 Å². The van der Waals surface area contributed by atoms with Crippen LogP contribution in [0.3, 0.4) is 0 Å². The highest BCUT2D eigenvalue weighted by molar-refractivity contribution is 6.30. The average Bonchev–Trinajstić information content (AvgIpc) is 2.39. The van der Waals surface area contributed by atoms with Crippen molar-refractivity contribution in [2.45, 2.75) is 19.4 Å². The van der Waals surface area contributed by atoms with E-state index in [2.05, 4.69) is 15.6 Å². The number of pyridine rings is 1. The predicted molar refractivity (Wildman–Crippen MR) is 80.9 cm³/mol. The van der Waals surface area contributed by atoms with Crippen LogP contribution in [0.1, 0.15) is 19.4 Å². The van der Waals surface area contributed by atoms with Gasteiger partial charge in [0.05, 0.1) is 5.54 Å². The lowest BCUT2D eigenvalue weighted by molar-refractivity contribution is 0.242. The first kappa shape index (κ1) is 14.3. The largest absolute Gasteiger partial charge is 0.329 e. The summed E-state index contributed by atoms with van der Waals surface area (Å²) in [6, 6.07) is 12.4. The standard InChI is InChI=1S/C15H16ClN3O/c1-15(2,11-6-5-7-12(16)10-11)19-14(20)18-13-8-3-4-9-17-13/h3-10H,1-2H3,(H2,17,18,19,20). The van der Waals surface area contributed by atoms with Crippen LogP contribution in [0.25, 0.3) is 0 Å². The molecule has 0 fully saturated rings. The Morgan fingerprint density at radius 2 is 2.00 bits per heavy atom.